The number of ether oxygens (including phenoxy) is 1. The molecule has 4 aromatic rings. The van der Waals surface area contributed by atoms with E-state index in [1.807, 2.05) is 30.3 Å². The summed E-state index contributed by atoms with van der Waals surface area (Å²) in [5, 5.41) is 9.00. The first-order chi connectivity index (χ1) is 19.1. The molecule has 2 amide bonds. The van der Waals surface area contributed by atoms with Gasteiger partial charge in [0.25, 0.3) is 0 Å². The van der Waals surface area contributed by atoms with Crippen molar-refractivity contribution in [2.24, 2.45) is 0 Å². The monoisotopic (exact) mass is 549 g/mol. The number of aromatic nitrogens is 2. The van der Waals surface area contributed by atoms with E-state index < -0.39 is 23.3 Å². The third-order valence-electron chi connectivity index (χ3n) is 7.04. The maximum atomic E-state index is 14.9. The van der Waals surface area contributed by atoms with Gasteiger partial charge in [0.1, 0.15) is 28.9 Å². The molecule has 1 saturated carbocycles. The number of carbonyl (C=O) groups excluding carboxylic acids is 1. The Labute approximate surface area is 230 Å². The van der Waals surface area contributed by atoms with Gasteiger partial charge in [0.2, 0.25) is 0 Å². The molecule has 0 spiro atoms. The molecule has 0 unspecified atom stereocenters. The zero-order chi connectivity index (χ0) is 28.4. The number of hydrogen-bond donors (Lipinski definition) is 3. The molecule has 1 aliphatic rings. The number of rotatable bonds is 8. The van der Waals surface area contributed by atoms with Crippen molar-refractivity contribution in [2.45, 2.75) is 44.8 Å². The number of amides is 2. The van der Waals surface area contributed by atoms with E-state index in [2.05, 4.69) is 25.9 Å². The van der Waals surface area contributed by atoms with Crippen molar-refractivity contribution in [1.29, 1.82) is 0 Å². The first-order valence-electron chi connectivity index (χ1n) is 13.0. The number of methoxy groups -OCH3 is 1. The number of alkyl halides is 1. The molecule has 40 heavy (non-hydrogen) atoms. The lowest BCUT2D eigenvalue weighted by Gasteiger charge is -2.38. The van der Waals surface area contributed by atoms with E-state index in [1.54, 1.807) is 26.3 Å². The molecule has 0 aliphatic heterocycles. The Balaban J connectivity index is 1.30. The summed E-state index contributed by atoms with van der Waals surface area (Å²) in [5.74, 6) is -0.239. The van der Waals surface area contributed by atoms with Gasteiger partial charge >= 0.3 is 6.03 Å². The van der Waals surface area contributed by atoms with Gasteiger partial charge in [-0.15, -0.1) is 0 Å². The van der Waals surface area contributed by atoms with Gasteiger partial charge < -0.3 is 20.7 Å². The number of pyridine rings is 2. The fourth-order valence-corrected chi connectivity index (χ4v) is 4.93. The average Bonchev–Trinajstić information content (AvgIpc) is 2.89. The molecule has 10 heteroatoms. The Bertz CT molecular complexity index is 1550. The van der Waals surface area contributed by atoms with Gasteiger partial charge in [0, 0.05) is 66.0 Å². The van der Waals surface area contributed by atoms with Gasteiger partial charge in [0.05, 0.1) is 18.3 Å². The highest BCUT2D eigenvalue weighted by atomic mass is 19.1. The summed E-state index contributed by atoms with van der Waals surface area (Å²) < 4.78 is 48.3. The van der Waals surface area contributed by atoms with Gasteiger partial charge in [-0.05, 0) is 50.1 Å². The molecule has 1 aliphatic carbocycles. The Morgan fingerprint density at radius 3 is 2.52 bits per heavy atom. The minimum atomic E-state index is -1.31. The molecule has 5 rings (SSSR count). The number of carbonyl (C=O) groups is 1. The Morgan fingerprint density at radius 1 is 1.07 bits per heavy atom. The Morgan fingerprint density at radius 2 is 1.82 bits per heavy atom. The van der Waals surface area contributed by atoms with Crippen LogP contribution in [0.25, 0.3) is 22.0 Å². The summed E-state index contributed by atoms with van der Waals surface area (Å²) in [4.78, 5) is 21.4. The Kier molecular flexibility index (Phi) is 7.51. The number of aryl methyl sites for hydroxylation is 1. The van der Waals surface area contributed by atoms with Gasteiger partial charge in [-0.2, -0.15) is 0 Å². The Hall–Kier alpha value is -4.34. The van der Waals surface area contributed by atoms with Crippen molar-refractivity contribution < 1.29 is 22.7 Å². The lowest BCUT2D eigenvalue weighted by molar-refractivity contribution is 0.0534. The molecular weight excluding hydrogens is 519 g/mol. The lowest BCUT2D eigenvalue weighted by atomic mass is 9.79. The first-order valence-corrected chi connectivity index (χ1v) is 13.0. The summed E-state index contributed by atoms with van der Waals surface area (Å²) in [6.07, 6.45) is 2.82. The second-order valence-electron chi connectivity index (χ2n) is 10.3. The van der Waals surface area contributed by atoms with Crippen molar-refractivity contribution in [3.8, 4) is 16.9 Å². The molecular formula is C30H30F3N5O2. The second kappa shape index (κ2) is 11.0. The van der Waals surface area contributed by atoms with Crippen molar-refractivity contribution in [3.05, 3.63) is 77.6 Å². The van der Waals surface area contributed by atoms with Crippen molar-refractivity contribution >= 4 is 28.4 Å². The maximum Gasteiger partial charge on any atom is 0.319 e. The highest BCUT2D eigenvalue weighted by Gasteiger charge is 2.41. The number of anilines is 2. The highest BCUT2D eigenvalue weighted by Crippen LogP contribution is 2.36. The first kappa shape index (κ1) is 27.2. The van der Waals surface area contributed by atoms with Crippen LogP contribution in [0.4, 0.5) is 29.5 Å². The SMILES string of the molecule is COc1ccc(CCNc2cc3nc(C)c(-c4cc(NC(=O)N[C@H]5C[C@](C)(F)C5)c(F)cc4F)cc3cn2)cc1. The zero-order valence-corrected chi connectivity index (χ0v) is 22.4. The van der Waals surface area contributed by atoms with Crippen LogP contribution in [0, 0.1) is 18.6 Å². The highest BCUT2D eigenvalue weighted by molar-refractivity contribution is 5.91. The van der Waals surface area contributed by atoms with Crippen molar-refractivity contribution in [2.75, 3.05) is 24.3 Å². The van der Waals surface area contributed by atoms with Crippen LogP contribution in [0.2, 0.25) is 0 Å². The largest absolute Gasteiger partial charge is 0.497 e. The summed E-state index contributed by atoms with van der Waals surface area (Å²) in [7, 11) is 1.63. The van der Waals surface area contributed by atoms with Crippen molar-refractivity contribution in [3.63, 3.8) is 0 Å². The second-order valence-corrected chi connectivity index (χ2v) is 10.3. The number of nitrogens with one attached hydrogen (secondary N) is 3. The normalized spacial score (nSPS) is 18.2. The summed E-state index contributed by atoms with van der Waals surface area (Å²) in [5.41, 5.74) is 1.39. The molecule has 7 nitrogen and oxygen atoms in total. The maximum absolute atomic E-state index is 14.9. The third-order valence-corrected chi connectivity index (χ3v) is 7.04. The number of urea groups is 1. The quantitative estimate of drug-likeness (QED) is 0.232. The summed E-state index contributed by atoms with van der Waals surface area (Å²) in [6.45, 7) is 3.87. The molecule has 2 aromatic carbocycles. The van der Waals surface area contributed by atoms with E-state index in [9.17, 15) is 18.0 Å². The number of hydrogen-bond acceptors (Lipinski definition) is 5. The van der Waals surface area contributed by atoms with Crippen LogP contribution in [-0.4, -0.2) is 41.4 Å². The number of halogens is 3. The van der Waals surface area contributed by atoms with E-state index in [0.717, 1.165) is 23.8 Å². The molecule has 0 atom stereocenters. The number of nitrogens with zero attached hydrogens (tertiary/aromatic N) is 2. The summed E-state index contributed by atoms with van der Waals surface area (Å²) in [6, 6.07) is 12.4. The van der Waals surface area contributed by atoms with Crippen molar-refractivity contribution in [1.82, 2.24) is 15.3 Å². The molecule has 0 radical (unpaired) electrons. The van der Waals surface area contributed by atoms with E-state index in [1.165, 1.54) is 13.0 Å². The number of benzene rings is 2. The number of fused-ring (bicyclic) bond motifs is 1. The van der Waals surface area contributed by atoms with Crippen LogP contribution >= 0.6 is 0 Å². The van der Waals surface area contributed by atoms with Crippen LogP contribution < -0.4 is 20.7 Å². The molecule has 208 valence electrons. The van der Waals surface area contributed by atoms with Crippen LogP contribution in [0.1, 0.15) is 31.0 Å². The van der Waals surface area contributed by atoms with E-state index in [0.29, 0.717) is 34.5 Å². The fraction of sp³-hybridized carbons (Fsp3) is 0.300. The standard InChI is InChI=1S/C30H30F3N5O2/c1-17-22(23-11-27(25(32)12-24(23)31)38-29(39)37-20-14-30(2,33)15-20)10-19-16-35-28(13-26(19)36-17)34-9-8-18-4-6-21(40-3)7-5-18/h4-7,10-13,16,20H,8-9,14-15H2,1-3H3,(H,34,35)(H2,37,38,39)/t20-,30-. The van der Waals surface area contributed by atoms with Gasteiger partial charge in [-0.3, -0.25) is 4.98 Å². The van der Waals surface area contributed by atoms with Crippen LogP contribution in [0.3, 0.4) is 0 Å². The lowest BCUT2D eigenvalue weighted by Crippen LogP contribution is -2.52. The van der Waals surface area contributed by atoms with Crippen LogP contribution in [0.15, 0.2) is 54.7 Å². The zero-order valence-electron chi connectivity index (χ0n) is 22.4. The van der Waals surface area contributed by atoms with E-state index >= 15 is 0 Å². The minimum Gasteiger partial charge on any atom is -0.497 e. The topological polar surface area (TPSA) is 88.2 Å². The van der Waals surface area contributed by atoms with E-state index in [-0.39, 0.29) is 30.1 Å². The molecule has 0 bridgehead atoms. The van der Waals surface area contributed by atoms with Gasteiger partial charge in [-0.25, -0.2) is 22.9 Å². The van der Waals surface area contributed by atoms with Gasteiger partial charge in [-0.1, -0.05) is 12.1 Å². The minimum absolute atomic E-state index is 0.0882. The molecule has 2 heterocycles. The summed E-state index contributed by atoms with van der Waals surface area (Å²) >= 11 is 0. The average molecular weight is 550 g/mol. The molecule has 1 fully saturated rings. The smallest absolute Gasteiger partial charge is 0.319 e. The van der Waals surface area contributed by atoms with Gasteiger partial charge in [0.15, 0.2) is 0 Å². The fourth-order valence-electron chi connectivity index (χ4n) is 4.93. The third kappa shape index (κ3) is 6.11. The molecule has 0 saturated heterocycles. The van der Waals surface area contributed by atoms with E-state index in [4.69, 9.17) is 4.74 Å². The predicted octanol–water partition coefficient (Wildman–Crippen LogP) is 6.56. The molecule has 3 N–H and O–H groups in total. The van der Waals surface area contributed by atoms with Crippen LogP contribution in [0.5, 0.6) is 5.75 Å². The van der Waals surface area contributed by atoms with Crippen LogP contribution in [-0.2, 0) is 6.42 Å². The predicted molar refractivity (Wildman–Crippen MR) is 150 cm³/mol. The molecule has 2 aromatic heterocycles.